The summed E-state index contributed by atoms with van der Waals surface area (Å²) in [5, 5.41) is 0. The summed E-state index contributed by atoms with van der Waals surface area (Å²) in [6.45, 7) is 8.79. The van der Waals surface area contributed by atoms with Crippen molar-refractivity contribution >= 4 is 16.3 Å². The molecule has 2 nitrogen and oxygen atoms in total. The molecule has 2 aliphatic carbocycles. The molecule has 0 amide bonds. The van der Waals surface area contributed by atoms with Gasteiger partial charge in [0.2, 0.25) is 0 Å². The van der Waals surface area contributed by atoms with E-state index in [1.165, 1.54) is 19.3 Å². The van der Waals surface area contributed by atoms with Gasteiger partial charge in [0, 0.05) is 16.3 Å². The molecule has 0 unspecified atom stereocenters. The normalized spacial score (nSPS) is 39.6. The molecule has 4 heteroatoms. The maximum Gasteiger partial charge on any atom is 0.0652 e. The minimum absolute atomic E-state index is 0.186. The lowest BCUT2D eigenvalue weighted by molar-refractivity contribution is 0.0149. The molecule has 0 aromatic rings. The first kappa shape index (κ1) is 12.2. The SMILES string of the molecule is CP(C)O[C@@H]1C[C@@H]2C[C@H](OP(C)C)[C@@H]2C1. The molecule has 0 saturated heterocycles. The van der Waals surface area contributed by atoms with Gasteiger partial charge < -0.3 is 9.05 Å². The van der Waals surface area contributed by atoms with Crippen molar-refractivity contribution in [2.24, 2.45) is 11.8 Å². The lowest BCUT2D eigenvalue weighted by atomic mass is 9.74. The monoisotopic (exact) mass is 248 g/mol. The highest BCUT2D eigenvalue weighted by Gasteiger charge is 2.49. The van der Waals surface area contributed by atoms with Crippen molar-refractivity contribution in [1.29, 1.82) is 0 Å². The molecule has 0 spiro atoms. The predicted octanol–water partition coefficient (Wildman–Crippen LogP) is 3.50. The van der Waals surface area contributed by atoms with E-state index in [0.717, 1.165) is 11.8 Å². The summed E-state index contributed by atoms with van der Waals surface area (Å²) in [5.74, 6) is 1.72. The van der Waals surface area contributed by atoms with Crippen LogP contribution < -0.4 is 0 Å². The van der Waals surface area contributed by atoms with Gasteiger partial charge in [-0.15, -0.1) is 0 Å². The van der Waals surface area contributed by atoms with Crippen LogP contribution in [0, 0.1) is 11.8 Å². The summed E-state index contributed by atoms with van der Waals surface area (Å²) in [7, 11) is -0.375. The molecule has 0 aliphatic heterocycles. The highest BCUT2D eigenvalue weighted by atomic mass is 31.1. The molecule has 2 fully saturated rings. The van der Waals surface area contributed by atoms with Gasteiger partial charge in [-0.2, -0.15) is 0 Å². The highest BCUT2D eigenvalue weighted by molar-refractivity contribution is 7.51. The van der Waals surface area contributed by atoms with E-state index in [0.29, 0.717) is 12.2 Å². The van der Waals surface area contributed by atoms with Gasteiger partial charge in [0.1, 0.15) is 0 Å². The van der Waals surface area contributed by atoms with E-state index in [1.807, 2.05) is 0 Å². The van der Waals surface area contributed by atoms with E-state index >= 15 is 0 Å². The second kappa shape index (κ2) is 4.96. The van der Waals surface area contributed by atoms with Crippen LogP contribution in [-0.2, 0) is 9.05 Å². The quantitative estimate of drug-likeness (QED) is 0.709. The van der Waals surface area contributed by atoms with E-state index in [9.17, 15) is 0 Å². The third-order valence-electron chi connectivity index (χ3n) is 3.42. The highest BCUT2D eigenvalue weighted by Crippen LogP contribution is 2.53. The van der Waals surface area contributed by atoms with Crippen molar-refractivity contribution < 1.29 is 9.05 Å². The molecule has 0 radical (unpaired) electrons. The average molecular weight is 248 g/mol. The molecule has 2 rings (SSSR count). The number of hydrogen-bond donors (Lipinski definition) is 0. The molecule has 0 N–H and O–H groups in total. The molecule has 0 heterocycles. The Morgan fingerprint density at radius 1 is 0.867 bits per heavy atom. The smallest absolute Gasteiger partial charge is 0.0652 e. The largest absolute Gasteiger partial charge is 0.357 e. The van der Waals surface area contributed by atoms with Gasteiger partial charge in [0.25, 0.3) is 0 Å². The van der Waals surface area contributed by atoms with Crippen LogP contribution in [0.1, 0.15) is 19.3 Å². The summed E-state index contributed by atoms with van der Waals surface area (Å²) in [5.41, 5.74) is 0. The number of rotatable bonds is 4. The van der Waals surface area contributed by atoms with Crippen molar-refractivity contribution in [2.75, 3.05) is 26.7 Å². The van der Waals surface area contributed by atoms with Gasteiger partial charge in [-0.3, -0.25) is 0 Å². The first-order valence-corrected chi connectivity index (χ1v) is 10.0. The van der Waals surface area contributed by atoms with Crippen LogP contribution in [0.3, 0.4) is 0 Å². The fourth-order valence-electron chi connectivity index (χ4n) is 2.88. The van der Waals surface area contributed by atoms with Gasteiger partial charge in [-0.1, -0.05) is 0 Å². The third kappa shape index (κ3) is 2.91. The van der Waals surface area contributed by atoms with Crippen LogP contribution in [0.2, 0.25) is 0 Å². The average Bonchev–Trinajstić information content (AvgIpc) is 2.39. The molecule has 2 saturated carbocycles. The Kier molecular flexibility index (Phi) is 4.05. The van der Waals surface area contributed by atoms with E-state index < -0.39 is 0 Å². The molecule has 0 aromatic heterocycles. The summed E-state index contributed by atoms with van der Waals surface area (Å²) < 4.78 is 11.9. The van der Waals surface area contributed by atoms with Crippen molar-refractivity contribution in [2.45, 2.75) is 31.5 Å². The van der Waals surface area contributed by atoms with Crippen LogP contribution in [0.4, 0.5) is 0 Å². The van der Waals surface area contributed by atoms with Crippen molar-refractivity contribution in [1.82, 2.24) is 0 Å². The number of fused-ring (bicyclic) bond motifs is 1. The lowest BCUT2D eigenvalue weighted by Gasteiger charge is -2.40. The van der Waals surface area contributed by atoms with Crippen LogP contribution in [0.5, 0.6) is 0 Å². The Hall–Kier alpha value is 0.780. The van der Waals surface area contributed by atoms with Gasteiger partial charge in [-0.25, -0.2) is 0 Å². The van der Waals surface area contributed by atoms with E-state index in [-0.39, 0.29) is 16.3 Å². The van der Waals surface area contributed by atoms with Crippen LogP contribution in [-0.4, -0.2) is 38.9 Å². The fourth-order valence-corrected chi connectivity index (χ4v) is 4.44. The van der Waals surface area contributed by atoms with Gasteiger partial charge in [0.15, 0.2) is 0 Å². The first-order chi connectivity index (χ1) is 7.06. The zero-order valence-electron chi connectivity index (χ0n) is 10.1. The van der Waals surface area contributed by atoms with Gasteiger partial charge in [-0.05, 0) is 57.8 Å². The van der Waals surface area contributed by atoms with E-state index in [1.54, 1.807) is 0 Å². The molecule has 2 aliphatic rings. The Balaban J connectivity index is 1.78. The molecule has 0 bridgehead atoms. The zero-order chi connectivity index (χ0) is 11.0. The molecule has 88 valence electrons. The van der Waals surface area contributed by atoms with Crippen LogP contribution in [0.15, 0.2) is 0 Å². The minimum Gasteiger partial charge on any atom is -0.357 e. The van der Waals surface area contributed by atoms with Gasteiger partial charge >= 0.3 is 0 Å². The third-order valence-corrected chi connectivity index (χ3v) is 4.84. The lowest BCUT2D eigenvalue weighted by Crippen LogP contribution is -2.38. The topological polar surface area (TPSA) is 18.5 Å². The Morgan fingerprint density at radius 2 is 1.53 bits per heavy atom. The zero-order valence-corrected chi connectivity index (χ0v) is 11.9. The Bertz CT molecular complexity index is 213. The second-order valence-electron chi connectivity index (χ2n) is 5.13. The summed E-state index contributed by atoms with van der Waals surface area (Å²) in [6.07, 6.45) is 4.92. The summed E-state index contributed by atoms with van der Waals surface area (Å²) in [6, 6.07) is 0. The standard InChI is InChI=1S/C11H22O2P2/c1-14(2)12-9-5-8-6-11(10(8)7-9)13-15(3)4/h8-11H,5-7H2,1-4H3/t8-,9-,10-,11+/m1/s1. The molecule has 0 aromatic carbocycles. The molecular formula is C11H22O2P2. The second-order valence-corrected chi connectivity index (χ2v) is 8.80. The maximum absolute atomic E-state index is 5.97. The van der Waals surface area contributed by atoms with Gasteiger partial charge in [0.05, 0.1) is 12.2 Å². The predicted molar refractivity (Wildman–Crippen MR) is 68.1 cm³/mol. The van der Waals surface area contributed by atoms with E-state index in [2.05, 4.69) is 26.7 Å². The van der Waals surface area contributed by atoms with Crippen molar-refractivity contribution in [3.05, 3.63) is 0 Å². The Morgan fingerprint density at radius 3 is 2.13 bits per heavy atom. The van der Waals surface area contributed by atoms with Crippen molar-refractivity contribution in [3.8, 4) is 0 Å². The molecule has 15 heavy (non-hydrogen) atoms. The molecule has 4 atom stereocenters. The first-order valence-electron chi connectivity index (χ1n) is 5.74. The van der Waals surface area contributed by atoms with E-state index in [4.69, 9.17) is 9.05 Å². The minimum atomic E-state index is -0.190. The summed E-state index contributed by atoms with van der Waals surface area (Å²) >= 11 is 0. The summed E-state index contributed by atoms with van der Waals surface area (Å²) in [4.78, 5) is 0. The number of hydrogen-bond acceptors (Lipinski definition) is 2. The fraction of sp³-hybridized carbons (Fsp3) is 1.00. The maximum atomic E-state index is 5.97. The van der Waals surface area contributed by atoms with Crippen LogP contribution >= 0.6 is 16.3 Å². The molecular weight excluding hydrogens is 226 g/mol. The van der Waals surface area contributed by atoms with Crippen LogP contribution in [0.25, 0.3) is 0 Å². The Labute approximate surface area is 95.8 Å². The van der Waals surface area contributed by atoms with Crippen molar-refractivity contribution in [3.63, 3.8) is 0 Å².